The van der Waals surface area contributed by atoms with Crippen molar-refractivity contribution in [3.63, 3.8) is 0 Å². The Balaban J connectivity index is 0.000000413. The molecule has 0 N–H and O–H groups in total. The molecule has 4 atom stereocenters. The number of nitrogens with zero attached hydrogens (tertiary/aromatic N) is 3. The largest absolute Gasteiger partial charge is 3.00 e. The predicted octanol–water partition coefficient (Wildman–Crippen LogP) is 8.51. The number of rotatable bonds is 6. The molecule has 1 heterocycles. The van der Waals surface area contributed by atoms with Gasteiger partial charge in [0.05, 0.1) is 0 Å². The molecule has 0 spiro atoms. The summed E-state index contributed by atoms with van der Waals surface area (Å²) in [5, 5.41) is 2.95. The standard InChI is InChI=1S/C31H41N2Si.C9H12N.CH3.Sc/c1-23-12-16-25(17-13-23)34(32-31(3,4)5,26-18-14-24(2)15-19-26)30-22-29(33-20-8-9-21-33)27-10-6-7-11-28(27)30;1-8-6-4-5-7-9(8)10(2)3;;/h6-7,10-19,27-30H,8-9,20-22H2,1-5H3;4-7H,1H2,2-3H3;1H3;/q3*-1;+3. The summed E-state index contributed by atoms with van der Waals surface area (Å²) in [5.74, 6) is 1.15. The van der Waals surface area contributed by atoms with Crippen molar-refractivity contribution >= 4 is 24.3 Å². The molecule has 242 valence electrons. The van der Waals surface area contributed by atoms with Gasteiger partial charge in [0, 0.05) is 14.3 Å². The Hall–Kier alpha value is -2.18. The number of anilines is 1. The number of hydrogen-bond acceptors (Lipinski definition) is 2. The Kier molecular flexibility index (Phi) is 13.5. The Morgan fingerprint density at radius 2 is 1.28 bits per heavy atom. The molecule has 0 amide bonds. The van der Waals surface area contributed by atoms with E-state index in [0.717, 1.165) is 5.56 Å². The zero-order valence-corrected chi connectivity index (χ0v) is 32.5. The number of aryl methyl sites for hydroxylation is 2. The van der Waals surface area contributed by atoms with E-state index in [0.29, 0.717) is 23.4 Å². The number of allylic oxidation sites excluding steroid dienone is 3. The van der Waals surface area contributed by atoms with Crippen molar-refractivity contribution in [1.29, 1.82) is 0 Å². The summed E-state index contributed by atoms with van der Waals surface area (Å²) < 4.78 is 0. The van der Waals surface area contributed by atoms with E-state index >= 15 is 0 Å². The summed E-state index contributed by atoms with van der Waals surface area (Å²) in [7, 11) is 1.55. The third kappa shape index (κ3) is 8.45. The molecule has 3 aromatic carbocycles. The van der Waals surface area contributed by atoms with Gasteiger partial charge in [0.2, 0.25) is 0 Å². The third-order valence-corrected chi connectivity index (χ3v) is 14.9. The second-order valence-electron chi connectivity index (χ2n) is 14.4. The van der Waals surface area contributed by atoms with Gasteiger partial charge in [-0.3, -0.25) is 4.90 Å². The molecule has 2 fully saturated rings. The van der Waals surface area contributed by atoms with Crippen molar-refractivity contribution in [3.8, 4) is 0 Å². The van der Waals surface area contributed by atoms with E-state index < -0.39 is 8.24 Å². The van der Waals surface area contributed by atoms with Gasteiger partial charge in [0.1, 0.15) is 0 Å². The van der Waals surface area contributed by atoms with Crippen LogP contribution in [0, 0.1) is 40.0 Å². The molecular weight excluding hydrogens is 608 g/mol. The van der Waals surface area contributed by atoms with Gasteiger partial charge in [-0.15, -0.1) is 11.6 Å². The van der Waals surface area contributed by atoms with Crippen LogP contribution in [0.2, 0.25) is 5.54 Å². The van der Waals surface area contributed by atoms with E-state index in [9.17, 15) is 0 Å². The Morgan fingerprint density at radius 1 is 0.783 bits per heavy atom. The number of para-hydroxylation sites is 1. The molecule has 1 aliphatic heterocycles. The molecule has 1 saturated heterocycles. The first-order valence-electron chi connectivity index (χ1n) is 16.6. The predicted molar refractivity (Wildman–Crippen MR) is 200 cm³/mol. The zero-order valence-electron chi connectivity index (χ0n) is 29.7. The van der Waals surface area contributed by atoms with E-state index in [1.807, 2.05) is 32.3 Å². The normalized spacial score (nSPS) is 22.2. The minimum Gasteiger partial charge on any atom is -0.652 e. The number of hydrogen-bond donors (Lipinski definition) is 0. The fourth-order valence-corrected chi connectivity index (χ4v) is 13.3. The van der Waals surface area contributed by atoms with Crippen LogP contribution in [0.25, 0.3) is 4.98 Å². The monoisotopic (exact) mass is 663 g/mol. The third-order valence-electron chi connectivity index (χ3n) is 9.74. The Labute approximate surface area is 301 Å². The summed E-state index contributed by atoms with van der Waals surface area (Å²) in [6.07, 6.45) is 13.6. The van der Waals surface area contributed by atoms with Gasteiger partial charge in [0.25, 0.3) is 0 Å². The minimum absolute atomic E-state index is 0. The molecule has 1 saturated carbocycles. The van der Waals surface area contributed by atoms with Gasteiger partial charge in [-0.2, -0.15) is 18.6 Å². The molecule has 0 bridgehead atoms. The molecule has 4 unspecified atom stereocenters. The average Bonchev–Trinajstić information content (AvgIpc) is 3.66. The molecule has 46 heavy (non-hydrogen) atoms. The van der Waals surface area contributed by atoms with E-state index in [2.05, 4.69) is 130 Å². The minimum atomic E-state index is -2.48. The summed E-state index contributed by atoms with van der Waals surface area (Å²) in [6, 6.07) is 27.6. The number of benzene rings is 3. The molecule has 5 heteroatoms. The van der Waals surface area contributed by atoms with Gasteiger partial charge in [0.15, 0.2) is 0 Å². The van der Waals surface area contributed by atoms with Crippen LogP contribution in [0.4, 0.5) is 5.69 Å². The smallest absolute Gasteiger partial charge is 0.652 e. The average molecular weight is 664 g/mol. The Bertz CT molecular complexity index is 1390. The van der Waals surface area contributed by atoms with E-state index in [4.69, 9.17) is 4.98 Å². The van der Waals surface area contributed by atoms with Gasteiger partial charge in [-0.05, 0) is 77.7 Å². The van der Waals surface area contributed by atoms with Crippen molar-refractivity contribution in [2.75, 3.05) is 32.1 Å². The molecular formula is C41H56N3ScSi. The van der Waals surface area contributed by atoms with Crippen molar-refractivity contribution in [2.24, 2.45) is 11.8 Å². The van der Waals surface area contributed by atoms with Crippen LogP contribution in [0.15, 0.2) is 97.1 Å². The van der Waals surface area contributed by atoms with Crippen molar-refractivity contribution in [3.05, 3.63) is 133 Å². The van der Waals surface area contributed by atoms with E-state index in [1.54, 1.807) is 0 Å². The maximum absolute atomic E-state index is 5.94. The van der Waals surface area contributed by atoms with Gasteiger partial charge >= 0.3 is 25.8 Å². The summed E-state index contributed by atoms with van der Waals surface area (Å²) in [6.45, 7) is 17.7. The first kappa shape index (κ1) is 38.3. The molecule has 3 nitrogen and oxygen atoms in total. The summed E-state index contributed by atoms with van der Waals surface area (Å²) in [4.78, 5) is 10.8. The topological polar surface area (TPSA) is 20.6 Å². The Morgan fingerprint density at radius 3 is 1.74 bits per heavy atom. The van der Waals surface area contributed by atoms with Crippen molar-refractivity contribution in [2.45, 2.75) is 71.0 Å². The van der Waals surface area contributed by atoms with Gasteiger partial charge < -0.3 is 17.3 Å². The number of fused-ring (bicyclic) bond motifs is 1. The molecule has 3 aromatic rings. The van der Waals surface area contributed by atoms with Crippen molar-refractivity contribution < 1.29 is 25.8 Å². The molecule has 3 aliphatic rings. The maximum Gasteiger partial charge on any atom is 3.00 e. The quantitative estimate of drug-likeness (QED) is 0.195. The van der Waals surface area contributed by atoms with Crippen molar-refractivity contribution in [1.82, 2.24) is 4.90 Å². The second kappa shape index (κ2) is 16.3. The maximum atomic E-state index is 5.94. The van der Waals surface area contributed by atoms with Crippen LogP contribution in [0.1, 0.15) is 56.7 Å². The first-order valence-corrected chi connectivity index (χ1v) is 18.6. The summed E-state index contributed by atoms with van der Waals surface area (Å²) in [5.41, 5.74) is 5.36. The van der Waals surface area contributed by atoms with E-state index in [1.165, 1.54) is 59.5 Å². The number of likely N-dealkylation sites (tertiary alicyclic amines) is 1. The zero-order chi connectivity index (χ0) is 31.5. The fourth-order valence-electron chi connectivity index (χ4n) is 7.82. The van der Waals surface area contributed by atoms with Crippen LogP contribution in [0.5, 0.6) is 0 Å². The fraction of sp³-hybridized carbons (Fsp3) is 0.415. The van der Waals surface area contributed by atoms with Crippen LogP contribution >= 0.6 is 0 Å². The molecule has 0 aromatic heterocycles. The van der Waals surface area contributed by atoms with Gasteiger partial charge in [-0.25, -0.2) is 0 Å². The molecule has 0 radical (unpaired) electrons. The van der Waals surface area contributed by atoms with Crippen LogP contribution in [0.3, 0.4) is 0 Å². The van der Waals surface area contributed by atoms with E-state index in [-0.39, 0.29) is 38.8 Å². The van der Waals surface area contributed by atoms with Crippen LogP contribution in [-0.4, -0.2) is 51.9 Å². The first-order chi connectivity index (χ1) is 21.0. The van der Waals surface area contributed by atoms with Crippen LogP contribution < -0.4 is 15.3 Å². The SMILES string of the molecule is Cc1ccc([Si]([N-]C(C)(C)C)(c2ccc(C)cc2)C2CC(N3CCCC3)C3C=CC=CC32)cc1.[CH2-]c1ccccc1N(C)C.[CH3-].[Sc+3]. The second-order valence-corrected chi connectivity index (χ2v) is 18.0. The molecule has 2 aliphatic carbocycles. The summed E-state index contributed by atoms with van der Waals surface area (Å²) >= 11 is 0. The van der Waals surface area contributed by atoms with Crippen LogP contribution in [-0.2, 0) is 25.8 Å². The molecule has 6 rings (SSSR count). The van der Waals surface area contributed by atoms with Gasteiger partial charge in [-0.1, -0.05) is 133 Å².